The molecule has 0 aliphatic carbocycles. The fraction of sp³-hybridized carbons (Fsp3) is 0.200. The molecule has 0 aliphatic heterocycles. The van der Waals surface area contributed by atoms with Crippen LogP contribution in [0.5, 0.6) is 0 Å². The number of hydrogen-bond donors (Lipinski definition) is 2. The van der Waals surface area contributed by atoms with E-state index in [1.165, 1.54) is 31.2 Å². The van der Waals surface area contributed by atoms with Crippen LogP contribution in [-0.4, -0.2) is 26.4 Å². The maximum Gasteiger partial charge on any atom is 0.338 e. The first-order valence-electron chi connectivity index (χ1n) is 10.5. The second-order valence-electron chi connectivity index (χ2n) is 7.58. The number of aryl methyl sites for hydroxylation is 2. The number of sulfonamides is 1. The van der Waals surface area contributed by atoms with Gasteiger partial charge in [0.15, 0.2) is 6.10 Å². The Morgan fingerprint density at radius 2 is 1.45 bits per heavy atom. The predicted molar refractivity (Wildman–Crippen MR) is 128 cm³/mol. The molecular weight excluding hydrogens is 440 g/mol. The summed E-state index contributed by atoms with van der Waals surface area (Å²) in [5.41, 5.74) is 3.34. The lowest BCUT2D eigenvalue weighted by molar-refractivity contribution is -0.123. The normalized spacial score (nSPS) is 12.0. The summed E-state index contributed by atoms with van der Waals surface area (Å²) in [6.07, 6.45) is -0.139. The third kappa shape index (κ3) is 6.43. The Morgan fingerprint density at radius 1 is 0.879 bits per heavy atom. The fourth-order valence-electron chi connectivity index (χ4n) is 2.96. The molecule has 7 nitrogen and oxygen atoms in total. The molecule has 1 atom stereocenters. The van der Waals surface area contributed by atoms with Crippen LogP contribution in [0.1, 0.15) is 35.3 Å². The minimum Gasteiger partial charge on any atom is -0.449 e. The van der Waals surface area contributed by atoms with Gasteiger partial charge in [0.2, 0.25) is 0 Å². The van der Waals surface area contributed by atoms with Crippen LogP contribution < -0.4 is 10.0 Å². The number of amides is 1. The van der Waals surface area contributed by atoms with Crippen molar-refractivity contribution in [2.24, 2.45) is 0 Å². The van der Waals surface area contributed by atoms with Crippen LogP contribution in [0.2, 0.25) is 0 Å². The van der Waals surface area contributed by atoms with Gasteiger partial charge in [0.25, 0.3) is 15.9 Å². The molecule has 0 saturated carbocycles. The highest BCUT2D eigenvalue weighted by atomic mass is 32.2. The van der Waals surface area contributed by atoms with Gasteiger partial charge in [-0.25, -0.2) is 13.2 Å². The molecule has 3 aromatic carbocycles. The highest BCUT2D eigenvalue weighted by Gasteiger charge is 2.20. The van der Waals surface area contributed by atoms with Gasteiger partial charge < -0.3 is 10.1 Å². The number of rotatable bonds is 8. The van der Waals surface area contributed by atoms with Crippen molar-refractivity contribution in [3.8, 4) is 0 Å². The van der Waals surface area contributed by atoms with Crippen LogP contribution in [0.25, 0.3) is 0 Å². The van der Waals surface area contributed by atoms with Gasteiger partial charge in [0, 0.05) is 11.4 Å². The van der Waals surface area contributed by atoms with Crippen molar-refractivity contribution in [3.63, 3.8) is 0 Å². The number of carbonyl (C=O) groups is 2. The summed E-state index contributed by atoms with van der Waals surface area (Å²) >= 11 is 0. The number of carbonyl (C=O) groups excluding carboxylic acids is 2. The van der Waals surface area contributed by atoms with Gasteiger partial charge >= 0.3 is 5.97 Å². The molecule has 33 heavy (non-hydrogen) atoms. The van der Waals surface area contributed by atoms with Gasteiger partial charge in [0.05, 0.1) is 10.5 Å². The highest BCUT2D eigenvalue weighted by molar-refractivity contribution is 7.92. The molecule has 0 bridgehead atoms. The molecule has 8 heteroatoms. The van der Waals surface area contributed by atoms with Crippen molar-refractivity contribution in [3.05, 3.63) is 89.5 Å². The average Bonchev–Trinajstić information content (AvgIpc) is 2.81. The van der Waals surface area contributed by atoms with Crippen molar-refractivity contribution >= 4 is 33.3 Å². The lowest BCUT2D eigenvalue weighted by Crippen LogP contribution is -2.30. The Labute approximate surface area is 193 Å². The second-order valence-corrected chi connectivity index (χ2v) is 9.27. The SMILES string of the molecule is CCc1ccc(NC(=O)[C@H](C)OC(=O)c2ccc(S(=O)(=O)Nc3ccc(C)cc3)cc2)cc1. The number of nitrogens with one attached hydrogen (secondary N) is 2. The van der Waals surface area contributed by atoms with Gasteiger partial charge in [0.1, 0.15) is 0 Å². The molecule has 0 spiro atoms. The van der Waals surface area contributed by atoms with Gasteiger partial charge in [-0.15, -0.1) is 0 Å². The smallest absolute Gasteiger partial charge is 0.338 e. The van der Waals surface area contributed by atoms with Gasteiger partial charge in [-0.2, -0.15) is 0 Å². The van der Waals surface area contributed by atoms with Crippen molar-refractivity contribution in [1.82, 2.24) is 0 Å². The molecule has 0 unspecified atom stereocenters. The van der Waals surface area contributed by atoms with Crippen LogP contribution in [0.3, 0.4) is 0 Å². The molecule has 1 amide bonds. The standard InChI is InChI=1S/C25H26N2O5S/c1-4-19-7-13-21(14-8-19)26-24(28)18(3)32-25(29)20-9-15-23(16-10-20)33(30,31)27-22-11-5-17(2)6-12-22/h5-16,18,27H,4H2,1-3H3,(H,26,28)/t18-/m0/s1. The zero-order chi connectivity index (χ0) is 24.0. The molecule has 0 aromatic heterocycles. The monoisotopic (exact) mass is 466 g/mol. The minimum atomic E-state index is -3.81. The Morgan fingerprint density at radius 3 is 2.03 bits per heavy atom. The lowest BCUT2D eigenvalue weighted by Gasteiger charge is -2.14. The van der Waals surface area contributed by atoms with E-state index in [0.29, 0.717) is 11.4 Å². The van der Waals surface area contributed by atoms with Crippen LogP contribution in [0.4, 0.5) is 11.4 Å². The summed E-state index contributed by atoms with van der Waals surface area (Å²) in [6, 6.07) is 19.7. The first-order chi connectivity index (χ1) is 15.7. The van der Waals surface area contributed by atoms with Crippen LogP contribution >= 0.6 is 0 Å². The van der Waals surface area contributed by atoms with Gasteiger partial charge in [-0.05, 0) is 74.4 Å². The first kappa shape index (κ1) is 24.0. The zero-order valence-electron chi connectivity index (χ0n) is 18.7. The van der Waals surface area contributed by atoms with E-state index < -0.39 is 28.0 Å². The largest absolute Gasteiger partial charge is 0.449 e. The summed E-state index contributed by atoms with van der Waals surface area (Å²) in [4.78, 5) is 24.8. The number of hydrogen-bond acceptors (Lipinski definition) is 5. The number of esters is 1. The number of ether oxygens (including phenoxy) is 1. The Balaban J connectivity index is 1.60. The Hall–Kier alpha value is -3.65. The van der Waals surface area contributed by atoms with Crippen LogP contribution in [0.15, 0.2) is 77.7 Å². The number of benzene rings is 3. The molecule has 172 valence electrons. The van der Waals surface area contributed by atoms with Crippen molar-refractivity contribution in [2.75, 3.05) is 10.0 Å². The molecule has 0 saturated heterocycles. The summed E-state index contributed by atoms with van der Waals surface area (Å²) in [6.45, 7) is 5.42. The molecule has 3 aromatic rings. The predicted octanol–water partition coefficient (Wildman–Crippen LogP) is 4.54. The average molecular weight is 467 g/mol. The van der Waals surface area contributed by atoms with E-state index in [0.717, 1.165) is 17.5 Å². The van der Waals surface area contributed by atoms with E-state index in [1.54, 1.807) is 36.4 Å². The van der Waals surface area contributed by atoms with Crippen LogP contribution in [0, 0.1) is 6.92 Å². The van der Waals surface area contributed by atoms with Gasteiger partial charge in [-0.1, -0.05) is 36.8 Å². The number of anilines is 2. The van der Waals surface area contributed by atoms with E-state index in [4.69, 9.17) is 4.74 Å². The van der Waals surface area contributed by atoms with Gasteiger partial charge in [-0.3, -0.25) is 9.52 Å². The van der Waals surface area contributed by atoms with Crippen LogP contribution in [-0.2, 0) is 26.0 Å². The minimum absolute atomic E-state index is 0.000873. The Kier molecular flexibility index (Phi) is 7.50. The second kappa shape index (κ2) is 10.3. The maximum absolute atomic E-state index is 12.6. The van der Waals surface area contributed by atoms with E-state index >= 15 is 0 Å². The highest BCUT2D eigenvalue weighted by Crippen LogP contribution is 2.18. The molecule has 0 heterocycles. The van der Waals surface area contributed by atoms with E-state index in [2.05, 4.69) is 10.0 Å². The molecule has 0 fully saturated rings. The summed E-state index contributed by atoms with van der Waals surface area (Å²) in [5, 5.41) is 2.70. The van der Waals surface area contributed by atoms with E-state index in [-0.39, 0.29) is 10.5 Å². The molecule has 3 rings (SSSR count). The van der Waals surface area contributed by atoms with Crippen molar-refractivity contribution in [2.45, 2.75) is 38.2 Å². The van der Waals surface area contributed by atoms with E-state index in [9.17, 15) is 18.0 Å². The third-order valence-corrected chi connectivity index (χ3v) is 6.38. The zero-order valence-corrected chi connectivity index (χ0v) is 19.5. The van der Waals surface area contributed by atoms with Crippen molar-refractivity contribution in [1.29, 1.82) is 0 Å². The quantitative estimate of drug-likeness (QED) is 0.475. The Bertz CT molecular complexity index is 1220. The summed E-state index contributed by atoms with van der Waals surface area (Å²) in [5.74, 6) is -1.19. The molecule has 0 radical (unpaired) electrons. The van der Waals surface area contributed by atoms with E-state index in [1.807, 2.05) is 26.0 Å². The topological polar surface area (TPSA) is 102 Å². The summed E-state index contributed by atoms with van der Waals surface area (Å²) < 4.78 is 32.9. The van der Waals surface area contributed by atoms with Crippen molar-refractivity contribution < 1.29 is 22.7 Å². The maximum atomic E-state index is 12.6. The molecule has 0 aliphatic rings. The summed E-state index contributed by atoms with van der Waals surface area (Å²) in [7, 11) is -3.81. The lowest BCUT2D eigenvalue weighted by atomic mass is 10.1. The first-order valence-corrected chi connectivity index (χ1v) is 12.0. The fourth-order valence-corrected chi connectivity index (χ4v) is 4.01. The third-order valence-electron chi connectivity index (χ3n) is 4.99. The molecule has 2 N–H and O–H groups in total. The molecular formula is C25H26N2O5S.